The molecule has 0 spiro atoms. The third-order valence-electron chi connectivity index (χ3n) is 2.95. The number of benzene rings is 1. The van der Waals surface area contributed by atoms with Gasteiger partial charge in [0.2, 0.25) is 4.69 Å². The Balaban J connectivity index is 3.64. The van der Waals surface area contributed by atoms with Gasteiger partial charge in [-0.3, -0.25) is 4.79 Å². The van der Waals surface area contributed by atoms with Crippen molar-refractivity contribution in [1.29, 1.82) is 0 Å². The number of hydrogen-bond acceptors (Lipinski definition) is 2. The van der Waals surface area contributed by atoms with Gasteiger partial charge in [-0.05, 0) is 38.9 Å². The summed E-state index contributed by atoms with van der Waals surface area (Å²) in [6.45, 7) is 12.1. The summed E-state index contributed by atoms with van der Waals surface area (Å²) in [4.78, 5) is 11.6. The van der Waals surface area contributed by atoms with Crippen LogP contribution in [-0.2, 0) is 10.8 Å². The third-order valence-corrected chi connectivity index (χ3v) is 3.41. The molecule has 1 rings (SSSR count). The van der Waals surface area contributed by atoms with Crippen LogP contribution >= 0.6 is 15.9 Å². The maximum absolute atomic E-state index is 11.6. The number of aromatic hydroxyl groups is 1. The number of rotatable bonds is 1. The summed E-state index contributed by atoms with van der Waals surface area (Å²) in [7, 11) is 0. The van der Waals surface area contributed by atoms with E-state index in [9.17, 15) is 9.90 Å². The predicted molar refractivity (Wildman–Crippen MR) is 78.8 cm³/mol. The second kappa shape index (κ2) is 4.69. The molecule has 18 heavy (non-hydrogen) atoms. The van der Waals surface area contributed by atoms with Crippen molar-refractivity contribution in [3.63, 3.8) is 0 Å². The van der Waals surface area contributed by atoms with Gasteiger partial charge in [-0.15, -0.1) is 0 Å². The summed E-state index contributed by atoms with van der Waals surface area (Å²) in [5.41, 5.74) is 1.78. The molecule has 100 valence electrons. The number of carbonyl (C=O) groups is 1. The van der Waals surface area contributed by atoms with E-state index in [1.807, 2.05) is 41.5 Å². The fourth-order valence-corrected chi connectivity index (χ4v) is 2.12. The van der Waals surface area contributed by atoms with Gasteiger partial charge in [0, 0.05) is 16.7 Å². The average Bonchev–Trinajstić information content (AvgIpc) is 2.13. The zero-order valence-corrected chi connectivity index (χ0v) is 13.5. The van der Waals surface area contributed by atoms with Crippen LogP contribution in [0.25, 0.3) is 0 Å². The zero-order chi connectivity index (χ0) is 14.3. The fraction of sp³-hybridized carbons (Fsp3) is 0.533. The Labute approximate surface area is 118 Å². The lowest BCUT2D eigenvalue weighted by Gasteiger charge is -2.27. The van der Waals surface area contributed by atoms with Crippen molar-refractivity contribution in [2.75, 3.05) is 0 Å². The molecular formula is C15H21BrO2. The molecule has 1 aromatic carbocycles. The molecule has 0 atom stereocenters. The molecule has 0 fully saturated rings. The first-order valence-electron chi connectivity index (χ1n) is 6.02. The molecule has 0 aliphatic rings. The Bertz CT molecular complexity index is 441. The number of phenols is 1. The molecule has 3 heteroatoms. The Kier molecular flexibility index (Phi) is 3.97. The lowest BCUT2D eigenvalue weighted by Crippen LogP contribution is -2.18. The minimum absolute atomic E-state index is 0.154. The highest BCUT2D eigenvalue weighted by Gasteiger charge is 2.27. The minimum atomic E-state index is -0.206. The molecule has 0 bridgehead atoms. The summed E-state index contributed by atoms with van der Waals surface area (Å²) in [6.07, 6.45) is 0. The fourth-order valence-electron chi connectivity index (χ4n) is 1.89. The topological polar surface area (TPSA) is 37.3 Å². The van der Waals surface area contributed by atoms with Gasteiger partial charge in [0.25, 0.3) is 0 Å². The third kappa shape index (κ3) is 3.14. The highest BCUT2D eigenvalue weighted by molar-refractivity contribution is 9.18. The Morgan fingerprint density at radius 1 is 1.00 bits per heavy atom. The summed E-state index contributed by atoms with van der Waals surface area (Å²) in [6, 6.07) is 3.53. The summed E-state index contributed by atoms with van der Waals surface area (Å²) in [5.74, 6) is 0.299. The second-order valence-corrected chi connectivity index (χ2v) is 7.41. The maximum atomic E-state index is 11.6. The van der Waals surface area contributed by atoms with Crippen molar-refractivity contribution in [1.82, 2.24) is 0 Å². The van der Waals surface area contributed by atoms with Crippen molar-refractivity contribution < 1.29 is 9.90 Å². The van der Waals surface area contributed by atoms with Crippen LogP contribution in [0.4, 0.5) is 0 Å². The van der Waals surface area contributed by atoms with E-state index in [0.717, 1.165) is 11.1 Å². The van der Waals surface area contributed by atoms with Crippen LogP contribution in [0.15, 0.2) is 12.1 Å². The number of halogens is 1. The average molecular weight is 313 g/mol. The zero-order valence-electron chi connectivity index (χ0n) is 11.9. The Hall–Kier alpha value is -0.830. The van der Waals surface area contributed by atoms with Crippen LogP contribution in [0.3, 0.4) is 0 Å². The predicted octanol–water partition coefficient (Wildman–Crippen LogP) is 4.52. The van der Waals surface area contributed by atoms with Crippen LogP contribution in [0.5, 0.6) is 5.75 Å². The van der Waals surface area contributed by atoms with E-state index in [1.165, 1.54) is 0 Å². The quantitative estimate of drug-likeness (QED) is 0.774. The van der Waals surface area contributed by atoms with Gasteiger partial charge in [-0.1, -0.05) is 41.5 Å². The van der Waals surface area contributed by atoms with Gasteiger partial charge in [0.15, 0.2) is 0 Å². The van der Waals surface area contributed by atoms with Gasteiger partial charge in [0.1, 0.15) is 5.75 Å². The molecule has 0 aliphatic heterocycles. The van der Waals surface area contributed by atoms with E-state index in [0.29, 0.717) is 11.3 Å². The molecule has 0 heterocycles. The Morgan fingerprint density at radius 3 is 1.56 bits per heavy atom. The molecule has 2 nitrogen and oxygen atoms in total. The molecular weight excluding hydrogens is 292 g/mol. The summed E-state index contributed by atoms with van der Waals surface area (Å²) < 4.78 is -0.154. The number of phenolic OH excluding ortho intramolecular Hbond substituents is 1. The Morgan fingerprint density at radius 2 is 1.33 bits per heavy atom. The molecule has 0 aromatic heterocycles. The molecule has 0 saturated carbocycles. The van der Waals surface area contributed by atoms with Crippen molar-refractivity contribution in [3.8, 4) is 5.75 Å². The largest absolute Gasteiger partial charge is 0.507 e. The van der Waals surface area contributed by atoms with Gasteiger partial charge >= 0.3 is 0 Å². The smallest absolute Gasteiger partial charge is 0.228 e. The molecule has 0 unspecified atom stereocenters. The van der Waals surface area contributed by atoms with Crippen molar-refractivity contribution in [3.05, 3.63) is 28.8 Å². The van der Waals surface area contributed by atoms with E-state index in [2.05, 4.69) is 15.9 Å². The van der Waals surface area contributed by atoms with Gasteiger partial charge in [-0.25, -0.2) is 0 Å². The van der Waals surface area contributed by atoms with E-state index in [4.69, 9.17) is 0 Å². The van der Waals surface area contributed by atoms with Crippen LogP contribution in [0.2, 0.25) is 0 Å². The first-order valence-corrected chi connectivity index (χ1v) is 6.81. The highest BCUT2D eigenvalue weighted by atomic mass is 79.9. The maximum Gasteiger partial charge on any atom is 0.228 e. The normalized spacial score (nSPS) is 12.6. The van der Waals surface area contributed by atoms with Gasteiger partial charge in [-0.2, -0.15) is 0 Å². The molecule has 0 amide bonds. The van der Waals surface area contributed by atoms with Crippen molar-refractivity contribution >= 4 is 20.6 Å². The first-order chi connectivity index (χ1) is 7.94. The van der Waals surface area contributed by atoms with Crippen LogP contribution in [-0.4, -0.2) is 9.80 Å². The van der Waals surface area contributed by atoms with Crippen molar-refractivity contribution in [2.24, 2.45) is 0 Å². The number of hydrogen-bond donors (Lipinski definition) is 1. The van der Waals surface area contributed by atoms with Gasteiger partial charge in [0.05, 0.1) is 0 Å². The van der Waals surface area contributed by atoms with E-state index in [1.54, 1.807) is 12.1 Å². The monoisotopic (exact) mass is 312 g/mol. The lowest BCUT2D eigenvalue weighted by atomic mass is 9.78. The minimum Gasteiger partial charge on any atom is -0.507 e. The van der Waals surface area contributed by atoms with Crippen LogP contribution < -0.4 is 0 Å². The van der Waals surface area contributed by atoms with Crippen LogP contribution in [0.1, 0.15) is 63.0 Å². The van der Waals surface area contributed by atoms with Crippen LogP contribution in [0, 0.1) is 0 Å². The highest BCUT2D eigenvalue weighted by Crippen LogP contribution is 2.40. The second-order valence-electron chi connectivity index (χ2n) is 6.69. The summed E-state index contributed by atoms with van der Waals surface area (Å²) >= 11 is 2.99. The van der Waals surface area contributed by atoms with E-state index >= 15 is 0 Å². The molecule has 1 N–H and O–H groups in total. The molecule has 0 radical (unpaired) electrons. The molecule has 0 aliphatic carbocycles. The standard InChI is InChI=1S/C15H21BrO2/c1-14(2,3)10-7-9(13(16)18)8-11(12(10)17)15(4,5)6/h7-8,17H,1-6H3. The van der Waals surface area contributed by atoms with E-state index < -0.39 is 0 Å². The van der Waals surface area contributed by atoms with Gasteiger partial charge < -0.3 is 5.11 Å². The SMILES string of the molecule is CC(C)(C)c1cc(C(=O)Br)cc(C(C)(C)C)c1O. The summed E-state index contributed by atoms with van der Waals surface area (Å²) in [5, 5.41) is 10.4. The molecule has 0 saturated heterocycles. The van der Waals surface area contributed by atoms with E-state index in [-0.39, 0.29) is 15.5 Å². The number of carbonyl (C=O) groups excluding carboxylic acids is 1. The molecule has 1 aromatic rings. The van der Waals surface area contributed by atoms with Crippen molar-refractivity contribution in [2.45, 2.75) is 52.4 Å². The lowest BCUT2D eigenvalue weighted by molar-refractivity contribution is 0.109. The first kappa shape index (κ1) is 15.2.